The topological polar surface area (TPSA) is 0 Å². The van der Waals surface area contributed by atoms with E-state index in [9.17, 15) is 0 Å². The van der Waals surface area contributed by atoms with Crippen LogP contribution < -0.4 is 0 Å². The summed E-state index contributed by atoms with van der Waals surface area (Å²) in [6.07, 6.45) is 0. The third kappa shape index (κ3) is 3.32. The van der Waals surface area contributed by atoms with Gasteiger partial charge in [0, 0.05) is 31.0 Å². The number of rotatable bonds is 2. The predicted octanol–water partition coefficient (Wildman–Crippen LogP) is 12.0. The second-order valence-corrected chi connectivity index (χ2v) is 14.3. The van der Waals surface area contributed by atoms with Crippen molar-refractivity contribution in [2.45, 2.75) is 38.5 Å². The zero-order valence-electron chi connectivity index (χ0n) is 25.0. The molecule has 0 saturated heterocycles. The van der Waals surface area contributed by atoms with Crippen LogP contribution in [0.1, 0.15) is 49.9 Å². The van der Waals surface area contributed by atoms with E-state index >= 15 is 0 Å². The Bertz CT molecular complexity index is 2130. The van der Waals surface area contributed by atoms with Gasteiger partial charge in [-0.25, -0.2) is 0 Å². The van der Waals surface area contributed by atoms with E-state index in [0.29, 0.717) is 0 Å². The van der Waals surface area contributed by atoms with E-state index in [-0.39, 0.29) is 10.8 Å². The average molecular weight is 569 g/mol. The van der Waals surface area contributed by atoms with Gasteiger partial charge in [0.15, 0.2) is 0 Å². The van der Waals surface area contributed by atoms with E-state index in [1.165, 1.54) is 86.9 Å². The highest BCUT2D eigenvalue weighted by atomic mass is 32.1. The molecule has 0 radical (unpaired) electrons. The molecule has 0 aliphatic heterocycles. The molecular formula is C42H32S. The van der Waals surface area contributed by atoms with Crippen molar-refractivity contribution >= 4 is 31.5 Å². The first-order valence-corrected chi connectivity index (χ1v) is 16.1. The van der Waals surface area contributed by atoms with Gasteiger partial charge in [-0.05, 0) is 78.9 Å². The SMILES string of the molecule is CC1(C)c2ccccc2-c2ccc(-c3cccc4c3sc3c(-c5ccc6c(c5)C(C)(C)c5ccccc5-6)cccc34)cc21. The molecule has 0 saturated carbocycles. The van der Waals surface area contributed by atoms with E-state index < -0.39 is 0 Å². The lowest BCUT2D eigenvalue weighted by atomic mass is 9.81. The molecule has 6 aromatic carbocycles. The molecule has 1 aromatic heterocycles. The Hall–Kier alpha value is -4.46. The lowest BCUT2D eigenvalue weighted by Gasteiger charge is -2.22. The summed E-state index contributed by atoms with van der Waals surface area (Å²) in [4.78, 5) is 0. The second kappa shape index (κ2) is 8.56. The van der Waals surface area contributed by atoms with Gasteiger partial charge in [-0.3, -0.25) is 0 Å². The molecule has 0 bridgehead atoms. The number of hydrogen-bond donors (Lipinski definition) is 0. The fourth-order valence-corrected chi connectivity index (χ4v) is 9.39. The number of thiophene rings is 1. The van der Waals surface area contributed by atoms with Crippen molar-refractivity contribution in [2.75, 3.05) is 0 Å². The minimum Gasteiger partial charge on any atom is -0.134 e. The third-order valence-corrected chi connectivity index (χ3v) is 11.6. The van der Waals surface area contributed by atoms with Crippen molar-refractivity contribution in [1.29, 1.82) is 0 Å². The van der Waals surface area contributed by atoms with Crippen LogP contribution in [0.5, 0.6) is 0 Å². The molecule has 0 amide bonds. The minimum atomic E-state index is -0.00975. The number of fused-ring (bicyclic) bond motifs is 9. The molecule has 43 heavy (non-hydrogen) atoms. The Balaban J connectivity index is 1.21. The van der Waals surface area contributed by atoms with E-state index in [1.807, 2.05) is 11.3 Å². The third-order valence-electron chi connectivity index (χ3n) is 10.3. The second-order valence-electron chi connectivity index (χ2n) is 13.3. The van der Waals surface area contributed by atoms with Gasteiger partial charge in [0.2, 0.25) is 0 Å². The lowest BCUT2D eigenvalue weighted by Crippen LogP contribution is -2.14. The Morgan fingerprint density at radius 3 is 1.23 bits per heavy atom. The van der Waals surface area contributed by atoms with Crippen LogP contribution in [-0.4, -0.2) is 0 Å². The van der Waals surface area contributed by atoms with Gasteiger partial charge in [0.1, 0.15) is 0 Å². The molecule has 1 heterocycles. The zero-order chi connectivity index (χ0) is 29.1. The number of hydrogen-bond acceptors (Lipinski definition) is 1. The maximum atomic E-state index is 2.45. The zero-order valence-corrected chi connectivity index (χ0v) is 25.8. The predicted molar refractivity (Wildman–Crippen MR) is 185 cm³/mol. The standard InChI is InChI=1S/C42H32S/c1-41(2)35-17-7-5-11-29(35)31-21-19-25(23-37(31)41)27-13-9-15-33-34-16-10-14-28(40(34)43-39(27)33)26-20-22-32-30-12-6-8-18-36(30)42(3,4)38(32)24-26/h5-24H,1-4H3. The first kappa shape index (κ1) is 25.1. The Labute approximate surface area is 257 Å². The van der Waals surface area contributed by atoms with Crippen LogP contribution >= 0.6 is 11.3 Å². The molecule has 0 fully saturated rings. The van der Waals surface area contributed by atoms with Crippen molar-refractivity contribution in [3.63, 3.8) is 0 Å². The highest BCUT2D eigenvalue weighted by Gasteiger charge is 2.36. The van der Waals surface area contributed by atoms with Gasteiger partial charge in [-0.1, -0.05) is 137 Å². The fourth-order valence-electron chi connectivity index (χ4n) is 8.02. The van der Waals surface area contributed by atoms with E-state index in [1.54, 1.807) is 0 Å². The first-order chi connectivity index (χ1) is 20.8. The summed E-state index contributed by atoms with van der Waals surface area (Å²) in [5, 5.41) is 2.69. The van der Waals surface area contributed by atoms with Crippen molar-refractivity contribution < 1.29 is 0 Å². The van der Waals surface area contributed by atoms with Gasteiger partial charge in [-0.2, -0.15) is 0 Å². The molecule has 1 heteroatoms. The van der Waals surface area contributed by atoms with E-state index in [2.05, 4.69) is 149 Å². The van der Waals surface area contributed by atoms with Crippen molar-refractivity contribution in [3.8, 4) is 44.5 Å². The highest BCUT2D eigenvalue weighted by Crippen LogP contribution is 2.52. The Kier molecular flexibility index (Phi) is 4.99. The molecule has 7 aromatic rings. The molecule has 0 unspecified atom stereocenters. The molecule has 2 aliphatic rings. The van der Waals surface area contributed by atoms with Gasteiger partial charge in [0.05, 0.1) is 0 Å². The summed E-state index contributed by atoms with van der Waals surface area (Å²) in [5.74, 6) is 0. The Morgan fingerprint density at radius 2 is 0.767 bits per heavy atom. The molecule has 0 nitrogen and oxygen atoms in total. The van der Waals surface area contributed by atoms with Gasteiger partial charge >= 0.3 is 0 Å². The molecule has 2 aliphatic carbocycles. The maximum Gasteiger partial charge on any atom is 0.0434 e. The lowest BCUT2D eigenvalue weighted by molar-refractivity contribution is 0.660. The van der Waals surface area contributed by atoms with Crippen LogP contribution in [0.3, 0.4) is 0 Å². The van der Waals surface area contributed by atoms with Gasteiger partial charge in [-0.15, -0.1) is 11.3 Å². The minimum absolute atomic E-state index is 0.00975. The summed E-state index contributed by atoms with van der Waals surface area (Å²) in [7, 11) is 0. The molecule has 0 N–H and O–H groups in total. The summed E-state index contributed by atoms with van der Waals surface area (Å²) in [6, 6.07) is 45.8. The fraction of sp³-hybridized carbons (Fsp3) is 0.143. The summed E-state index contributed by atoms with van der Waals surface area (Å²) in [6.45, 7) is 9.46. The molecular weight excluding hydrogens is 537 g/mol. The summed E-state index contributed by atoms with van der Waals surface area (Å²) < 4.78 is 2.74. The van der Waals surface area contributed by atoms with Gasteiger partial charge in [0.25, 0.3) is 0 Å². The maximum absolute atomic E-state index is 2.45. The normalized spacial score (nSPS) is 15.3. The summed E-state index contributed by atoms with van der Waals surface area (Å²) >= 11 is 1.95. The Morgan fingerprint density at radius 1 is 0.372 bits per heavy atom. The average Bonchev–Trinajstić information content (AvgIpc) is 3.61. The first-order valence-electron chi connectivity index (χ1n) is 15.3. The van der Waals surface area contributed by atoms with Crippen molar-refractivity contribution in [2.24, 2.45) is 0 Å². The summed E-state index contributed by atoms with van der Waals surface area (Å²) in [5.41, 5.74) is 16.4. The van der Waals surface area contributed by atoms with Crippen LogP contribution in [0.2, 0.25) is 0 Å². The highest BCUT2D eigenvalue weighted by molar-refractivity contribution is 7.26. The van der Waals surface area contributed by atoms with Crippen LogP contribution in [0.4, 0.5) is 0 Å². The molecule has 9 rings (SSSR count). The largest absolute Gasteiger partial charge is 0.134 e. The molecule has 206 valence electrons. The quantitative estimate of drug-likeness (QED) is 0.195. The van der Waals surface area contributed by atoms with Crippen LogP contribution in [0.15, 0.2) is 121 Å². The molecule has 0 spiro atoms. The van der Waals surface area contributed by atoms with E-state index in [0.717, 1.165) is 0 Å². The monoisotopic (exact) mass is 568 g/mol. The molecule has 0 atom stereocenters. The van der Waals surface area contributed by atoms with Crippen LogP contribution in [0.25, 0.3) is 64.7 Å². The van der Waals surface area contributed by atoms with Crippen LogP contribution in [-0.2, 0) is 10.8 Å². The van der Waals surface area contributed by atoms with E-state index in [4.69, 9.17) is 0 Å². The van der Waals surface area contributed by atoms with Crippen molar-refractivity contribution in [3.05, 3.63) is 144 Å². The number of benzene rings is 6. The smallest absolute Gasteiger partial charge is 0.0434 e. The van der Waals surface area contributed by atoms with Crippen molar-refractivity contribution in [1.82, 2.24) is 0 Å². The van der Waals surface area contributed by atoms with Gasteiger partial charge < -0.3 is 0 Å². The van der Waals surface area contributed by atoms with Crippen LogP contribution in [0, 0.1) is 0 Å².